The third kappa shape index (κ3) is 5.65. The predicted octanol–water partition coefficient (Wildman–Crippen LogP) is 1.54. The van der Waals surface area contributed by atoms with Crippen LogP contribution in [-0.4, -0.2) is 53.9 Å². The molecule has 0 unspecified atom stereocenters. The number of aliphatic hydroxyl groups is 2. The van der Waals surface area contributed by atoms with Crippen molar-refractivity contribution in [2.24, 2.45) is 5.92 Å². The first-order valence-corrected chi connectivity index (χ1v) is 8.09. The quantitative estimate of drug-likeness (QED) is 0.715. The van der Waals surface area contributed by atoms with Crippen LogP contribution in [-0.2, 0) is 0 Å². The number of rotatable bonds is 7. The van der Waals surface area contributed by atoms with E-state index in [1.54, 1.807) is 12.1 Å². The van der Waals surface area contributed by atoms with Crippen LogP contribution in [0.15, 0.2) is 24.3 Å². The Morgan fingerprint density at radius 1 is 1.23 bits per heavy atom. The minimum Gasteiger partial charge on any atom is -0.392 e. The molecule has 0 spiro atoms. The zero-order valence-corrected chi connectivity index (χ0v) is 13.2. The molecule has 5 heteroatoms. The second-order valence-corrected chi connectivity index (χ2v) is 6.32. The summed E-state index contributed by atoms with van der Waals surface area (Å²) in [6.45, 7) is 6.00. The topological polar surface area (TPSA) is 55.7 Å². The van der Waals surface area contributed by atoms with E-state index in [-0.39, 0.29) is 11.9 Å². The van der Waals surface area contributed by atoms with Crippen molar-refractivity contribution in [1.29, 1.82) is 0 Å². The number of piperidine rings is 1. The number of hydrogen-bond donors (Lipinski definition) is 3. The summed E-state index contributed by atoms with van der Waals surface area (Å²) >= 11 is 0. The molecule has 124 valence electrons. The van der Waals surface area contributed by atoms with Crippen LogP contribution in [0, 0.1) is 11.7 Å². The fourth-order valence-corrected chi connectivity index (χ4v) is 2.97. The Morgan fingerprint density at radius 3 is 2.45 bits per heavy atom. The molecule has 2 rings (SSSR count). The number of likely N-dealkylation sites (tertiary alicyclic amines) is 1. The van der Waals surface area contributed by atoms with Crippen molar-refractivity contribution in [2.45, 2.75) is 32.0 Å². The van der Waals surface area contributed by atoms with Gasteiger partial charge in [-0.1, -0.05) is 12.1 Å². The number of hydrogen-bond acceptors (Lipinski definition) is 4. The first-order valence-electron chi connectivity index (χ1n) is 8.09. The lowest BCUT2D eigenvalue weighted by molar-refractivity contribution is 0.0984. The molecule has 1 fully saturated rings. The zero-order chi connectivity index (χ0) is 15.9. The van der Waals surface area contributed by atoms with E-state index in [0.29, 0.717) is 12.5 Å². The minimum atomic E-state index is -0.601. The summed E-state index contributed by atoms with van der Waals surface area (Å²) in [6.07, 6.45) is 1.37. The van der Waals surface area contributed by atoms with Gasteiger partial charge in [-0.15, -0.1) is 0 Å². The maximum Gasteiger partial charge on any atom is 0.123 e. The van der Waals surface area contributed by atoms with Crippen LogP contribution in [0.2, 0.25) is 0 Å². The Labute approximate surface area is 132 Å². The van der Waals surface area contributed by atoms with Crippen LogP contribution in [0.1, 0.15) is 31.4 Å². The molecule has 2 atom stereocenters. The molecule has 0 aromatic heterocycles. The van der Waals surface area contributed by atoms with Crippen molar-refractivity contribution in [1.82, 2.24) is 10.2 Å². The number of β-amino-alcohol motifs (C(OH)–C–C–N with tert-alkyl or cyclic N) is 1. The Balaban J connectivity index is 1.64. The lowest BCUT2D eigenvalue weighted by Crippen LogP contribution is -2.40. The lowest BCUT2D eigenvalue weighted by Gasteiger charge is -2.32. The largest absolute Gasteiger partial charge is 0.392 e. The molecule has 22 heavy (non-hydrogen) atoms. The van der Waals surface area contributed by atoms with Crippen LogP contribution in [0.25, 0.3) is 0 Å². The highest BCUT2D eigenvalue weighted by Gasteiger charge is 2.20. The average molecular weight is 310 g/mol. The first kappa shape index (κ1) is 17.3. The van der Waals surface area contributed by atoms with E-state index < -0.39 is 6.10 Å². The predicted molar refractivity (Wildman–Crippen MR) is 85.1 cm³/mol. The third-order valence-corrected chi connectivity index (χ3v) is 4.26. The van der Waals surface area contributed by atoms with Crippen molar-refractivity contribution < 1.29 is 14.6 Å². The molecule has 0 bridgehead atoms. The molecule has 0 saturated carbocycles. The van der Waals surface area contributed by atoms with E-state index in [2.05, 4.69) is 10.2 Å². The highest BCUT2D eigenvalue weighted by atomic mass is 19.1. The summed E-state index contributed by atoms with van der Waals surface area (Å²) in [7, 11) is 0. The zero-order valence-electron chi connectivity index (χ0n) is 13.2. The van der Waals surface area contributed by atoms with Crippen molar-refractivity contribution >= 4 is 0 Å². The van der Waals surface area contributed by atoms with Crippen LogP contribution < -0.4 is 5.32 Å². The first-order chi connectivity index (χ1) is 10.5. The number of benzene rings is 1. The van der Waals surface area contributed by atoms with Crippen LogP contribution in [0.5, 0.6) is 0 Å². The molecule has 1 aliphatic rings. The SMILES string of the molecule is C[C@H](O)CN1CCC(CNC[C@@H](O)c2ccc(F)cc2)CC1. The van der Waals surface area contributed by atoms with Crippen LogP contribution in [0.4, 0.5) is 4.39 Å². The van der Waals surface area contributed by atoms with Gasteiger partial charge >= 0.3 is 0 Å². The average Bonchev–Trinajstić information content (AvgIpc) is 2.49. The minimum absolute atomic E-state index is 0.263. The fourth-order valence-electron chi connectivity index (χ4n) is 2.97. The van der Waals surface area contributed by atoms with Crippen molar-refractivity contribution in [3.63, 3.8) is 0 Å². The van der Waals surface area contributed by atoms with E-state index in [1.807, 2.05) is 6.92 Å². The number of aliphatic hydroxyl groups excluding tert-OH is 2. The van der Waals surface area contributed by atoms with Gasteiger partial charge in [-0.2, -0.15) is 0 Å². The normalized spacial score (nSPS) is 20.0. The van der Waals surface area contributed by atoms with E-state index >= 15 is 0 Å². The molecule has 0 aliphatic carbocycles. The highest BCUT2D eigenvalue weighted by molar-refractivity contribution is 5.18. The lowest BCUT2D eigenvalue weighted by atomic mass is 9.96. The molecule has 1 saturated heterocycles. The van der Waals surface area contributed by atoms with Gasteiger partial charge in [0.2, 0.25) is 0 Å². The Kier molecular flexibility index (Phi) is 6.76. The van der Waals surface area contributed by atoms with Crippen LogP contribution >= 0.6 is 0 Å². The van der Waals surface area contributed by atoms with Crippen molar-refractivity contribution in [3.05, 3.63) is 35.6 Å². The summed E-state index contributed by atoms with van der Waals surface area (Å²) in [6, 6.07) is 5.99. The standard InChI is InChI=1S/C17H27FN2O2/c1-13(21)12-20-8-6-14(7-9-20)10-19-11-17(22)15-2-4-16(18)5-3-15/h2-5,13-14,17,19,21-22H,6-12H2,1H3/t13-,17+/m0/s1. The van der Waals surface area contributed by atoms with E-state index in [0.717, 1.165) is 44.6 Å². The summed E-state index contributed by atoms with van der Waals surface area (Å²) in [4.78, 5) is 2.30. The second-order valence-electron chi connectivity index (χ2n) is 6.32. The van der Waals surface area contributed by atoms with Crippen molar-refractivity contribution in [2.75, 3.05) is 32.7 Å². The molecule has 4 nitrogen and oxygen atoms in total. The molecule has 1 aromatic carbocycles. The maximum absolute atomic E-state index is 12.8. The second kappa shape index (κ2) is 8.58. The Bertz CT molecular complexity index is 431. The van der Waals surface area contributed by atoms with Gasteiger partial charge in [0, 0.05) is 13.1 Å². The number of halogens is 1. The fraction of sp³-hybridized carbons (Fsp3) is 0.647. The summed E-state index contributed by atoms with van der Waals surface area (Å²) in [5.41, 5.74) is 0.737. The molecule has 0 radical (unpaired) electrons. The van der Waals surface area contributed by atoms with E-state index in [9.17, 15) is 14.6 Å². The van der Waals surface area contributed by atoms with Crippen LogP contribution in [0.3, 0.4) is 0 Å². The van der Waals surface area contributed by atoms with Gasteiger partial charge in [-0.05, 0) is 63.0 Å². The Hall–Kier alpha value is -1.01. The number of nitrogens with one attached hydrogen (secondary N) is 1. The van der Waals surface area contributed by atoms with E-state index in [1.165, 1.54) is 12.1 Å². The monoisotopic (exact) mass is 310 g/mol. The van der Waals surface area contributed by atoms with Gasteiger partial charge in [-0.3, -0.25) is 0 Å². The smallest absolute Gasteiger partial charge is 0.123 e. The summed E-state index contributed by atoms with van der Waals surface area (Å²) in [5.74, 6) is 0.332. The molecule has 1 heterocycles. The summed E-state index contributed by atoms with van der Waals surface area (Å²) < 4.78 is 12.8. The molecule has 0 amide bonds. The molecule has 1 aliphatic heterocycles. The van der Waals surface area contributed by atoms with Crippen molar-refractivity contribution in [3.8, 4) is 0 Å². The molecular weight excluding hydrogens is 283 g/mol. The van der Waals surface area contributed by atoms with Gasteiger partial charge in [0.15, 0.2) is 0 Å². The van der Waals surface area contributed by atoms with E-state index in [4.69, 9.17) is 0 Å². The van der Waals surface area contributed by atoms with Gasteiger partial charge in [0.1, 0.15) is 5.82 Å². The summed E-state index contributed by atoms with van der Waals surface area (Å²) in [5, 5.41) is 22.8. The third-order valence-electron chi connectivity index (χ3n) is 4.26. The van der Waals surface area contributed by atoms with Gasteiger partial charge < -0.3 is 20.4 Å². The Morgan fingerprint density at radius 2 is 1.86 bits per heavy atom. The highest BCUT2D eigenvalue weighted by Crippen LogP contribution is 2.17. The van der Waals surface area contributed by atoms with Gasteiger partial charge in [0.05, 0.1) is 12.2 Å². The molecular formula is C17H27FN2O2. The molecule has 1 aromatic rings. The van der Waals surface area contributed by atoms with Gasteiger partial charge in [0.25, 0.3) is 0 Å². The number of nitrogens with zero attached hydrogens (tertiary/aromatic N) is 1. The van der Waals surface area contributed by atoms with Gasteiger partial charge in [-0.25, -0.2) is 4.39 Å². The molecule has 3 N–H and O–H groups in total. The maximum atomic E-state index is 12.8.